The zero-order chi connectivity index (χ0) is 25.3. The summed E-state index contributed by atoms with van der Waals surface area (Å²) in [6, 6.07) is 12.3. The minimum Gasteiger partial charge on any atom is -0.484 e. The van der Waals surface area contributed by atoms with Crippen molar-refractivity contribution in [2.75, 3.05) is 13.2 Å². The first-order valence-corrected chi connectivity index (χ1v) is 12.6. The Balaban J connectivity index is 2.19. The van der Waals surface area contributed by atoms with Gasteiger partial charge in [-0.05, 0) is 53.6 Å². The van der Waals surface area contributed by atoms with Crippen LogP contribution in [0.5, 0.6) is 5.75 Å². The van der Waals surface area contributed by atoms with Crippen LogP contribution in [0.3, 0.4) is 0 Å². The number of carbonyl (C=O) groups excluding carboxylic acids is 2. The Morgan fingerprint density at radius 1 is 1.03 bits per heavy atom. The number of nitrogens with one attached hydrogen (secondary N) is 1. The molecule has 2 amide bonds. The second-order valence-electron chi connectivity index (χ2n) is 9.40. The third-order valence-electron chi connectivity index (χ3n) is 5.64. The number of ether oxygens (including phenoxy) is 1. The first-order valence-electron chi connectivity index (χ1n) is 11.8. The summed E-state index contributed by atoms with van der Waals surface area (Å²) in [6.07, 6.45) is 2.34. The zero-order valence-electron chi connectivity index (χ0n) is 20.8. The number of hydrogen-bond donors (Lipinski definition) is 1. The predicted molar refractivity (Wildman–Crippen MR) is 140 cm³/mol. The van der Waals surface area contributed by atoms with Gasteiger partial charge < -0.3 is 15.0 Å². The molecule has 34 heavy (non-hydrogen) atoms. The minimum atomic E-state index is -0.620. The van der Waals surface area contributed by atoms with Crippen LogP contribution in [-0.2, 0) is 21.5 Å². The van der Waals surface area contributed by atoms with E-state index in [1.165, 1.54) is 5.56 Å². The molecular weight excluding hydrogens is 471 g/mol. The highest BCUT2D eigenvalue weighted by Gasteiger charge is 2.29. The van der Waals surface area contributed by atoms with Crippen molar-refractivity contribution in [3.8, 4) is 5.75 Å². The quantitative estimate of drug-likeness (QED) is 0.359. The van der Waals surface area contributed by atoms with E-state index in [9.17, 15) is 9.59 Å². The van der Waals surface area contributed by atoms with Gasteiger partial charge in [0.2, 0.25) is 5.91 Å². The van der Waals surface area contributed by atoms with E-state index in [2.05, 4.69) is 33.0 Å². The fourth-order valence-corrected chi connectivity index (χ4v) is 3.86. The molecule has 0 saturated carbocycles. The van der Waals surface area contributed by atoms with Gasteiger partial charge in [0.1, 0.15) is 11.8 Å². The molecule has 2 rings (SSSR count). The van der Waals surface area contributed by atoms with Crippen molar-refractivity contribution in [1.29, 1.82) is 0 Å². The fraction of sp³-hybridized carbons (Fsp3) is 0.481. The number of unbranched alkanes of at least 4 members (excludes halogenated alkanes) is 1. The molecule has 0 aliphatic heterocycles. The molecule has 1 atom stereocenters. The van der Waals surface area contributed by atoms with Crippen molar-refractivity contribution in [1.82, 2.24) is 10.2 Å². The van der Waals surface area contributed by atoms with Crippen LogP contribution in [-0.4, -0.2) is 35.9 Å². The molecule has 0 unspecified atom stereocenters. The molecule has 1 N–H and O–H groups in total. The number of benzene rings is 2. The Morgan fingerprint density at radius 3 is 2.26 bits per heavy atom. The highest BCUT2D eigenvalue weighted by atomic mass is 35.5. The highest BCUT2D eigenvalue weighted by molar-refractivity contribution is 6.42. The molecule has 0 bridgehead atoms. The summed E-state index contributed by atoms with van der Waals surface area (Å²) in [4.78, 5) is 27.8. The van der Waals surface area contributed by atoms with Crippen LogP contribution in [0.1, 0.15) is 65.0 Å². The number of halogens is 2. The van der Waals surface area contributed by atoms with Crippen LogP contribution < -0.4 is 10.1 Å². The van der Waals surface area contributed by atoms with Crippen LogP contribution in [0.4, 0.5) is 0 Å². The molecule has 0 saturated heterocycles. The zero-order valence-corrected chi connectivity index (χ0v) is 22.3. The maximum atomic E-state index is 13.3. The standard InChI is InChI=1S/C27H36Cl2N2O3/c1-6-8-15-30-26(33)24(7-2)31(17-19-9-14-22(28)23(29)16-19)25(32)18-34-21-12-10-20(11-13-21)27(3,4)5/h9-14,16,24H,6-8,15,17-18H2,1-5H3,(H,30,33)/t24-/m1/s1. The van der Waals surface area contributed by atoms with E-state index in [1.807, 2.05) is 37.3 Å². The van der Waals surface area contributed by atoms with E-state index in [-0.39, 0.29) is 30.4 Å². The van der Waals surface area contributed by atoms with Gasteiger partial charge >= 0.3 is 0 Å². The maximum Gasteiger partial charge on any atom is 0.261 e. The first-order chi connectivity index (χ1) is 16.1. The van der Waals surface area contributed by atoms with Gasteiger partial charge in [0, 0.05) is 13.1 Å². The molecule has 0 aromatic heterocycles. The topological polar surface area (TPSA) is 58.6 Å². The third-order valence-corrected chi connectivity index (χ3v) is 6.37. The Bertz CT molecular complexity index is 955. The molecule has 5 nitrogen and oxygen atoms in total. The van der Waals surface area contributed by atoms with Gasteiger partial charge in [-0.15, -0.1) is 0 Å². The maximum absolute atomic E-state index is 13.3. The van der Waals surface area contributed by atoms with Crippen molar-refractivity contribution in [2.45, 2.75) is 71.9 Å². The normalized spacial score (nSPS) is 12.2. The molecule has 0 fully saturated rings. The second kappa shape index (κ2) is 13.0. The van der Waals surface area contributed by atoms with Gasteiger partial charge in [-0.3, -0.25) is 9.59 Å². The lowest BCUT2D eigenvalue weighted by molar-refractivity contribution is -0.143. The third kappa shape index (κ3) is 8.21. The van der Waals surface area contributed by atoms with Crippen molar-refractivity contribution < 1.29 is 14.3 Å². The lowest BCUT2D eigenvalue weighted by Gasteiger charge is -2.30. The molecule has 0 aliphatic carbocycles. The summed E-state index contributed by atoms with van der Waals surface area (Å²) in [5, 5.41) is 3.79. The Hall–Kier alpha value is -2.24. The van der Waals surface area contributed by atoms with Crippen LogP contribution in [0.2, 0.25) is 10.0 Å². The summed E-state index contributed by atoms with van der Waals surface area (Å²) < 4.78 is 5.80. The van der Waals surface area contributed by atoms with Gasteiger partial charge in [0.05, 0.1) is 10.0 Å². The molecule has 0 spiro atoms. The van der Waals surface area contributed by atoms with Crippen LogP contribution in [0.25, 0.3) is 0 Å². The Morgan fingerprint density at radius 2 is 1.71 bits per heavy atom. The highest BCUT2D eigenvalue weighted by Crippen LogP contribution is 2.25. The minimum absolute atomic E-state index is 0.0322. The summed E-state index contributed by atoms with van der Waals surface area (Å²) in [5.41, 5.74) is 2.00. The van der Waals surface area contributed by atoms with E-state index in [0.29, 0.717) is 28.8 Å². The first kappa shape index (κ1) is 28.0. The number of carbonyl (C=O) groups is 2. The molecule has 186 valence electrons. The smallest absolute Gasteiger partial charge is 0.261 e. The van der Waals surface area contributed by atoms with Gasteiger partial charge in [-0.25, -0.2) is 0 Å². The van der Waals surface area contributed by atoms with Crippen molar-refractivity contribution in [3.05, 3.63) is 63.6 Å². The van der Waals surface area contributed by atoms with E-state index in [0.717, 1.165) is 18.4 Å². The molecule has 7 heteroatoms. The average molecular weight is 508 g/mol. The van der Waals surface area contributed by atoms with Crippen molar-refractivity contribution in [3.63, 3.8) is 0 Å². The lowest BCUT2D eigenvalue weighted by atomic mass is 9.87. The van der Waals surface area contributed by atoms with E-state index in [1.54, 1.807) is 17.0 Å². The molecule has 2 aromatic rings. The summed E-state index contributed by atoms with van der Waals surface area (Å²) in [7, 11) is 0. The van der Waals surface area contributed by atoms with E-state index < -0.39 is 6.04 Å². The largest absolute Gasteiger partial charge is 0.484 e. The van der Waals surface area contributed by atoms with Gasteiger partial charge in [0.25, 0.3) is 5.91 Å². The molecular formula is C27H36Cl2N2O3. The number of nitrogens with zero attached hydrogens (tertiary/aromatic N) is 1. The molecule has 0 aliphatic rings. The predicted octanol–water partition coefficient (Wildman–Crippen LogP) is 6.39. The number of rotatable bonds is 11. The monoisotopic (exact) mass is 506 g/mol. The van der Waals surface area contributed by atoms with Crippen LogP contribution in [0, 0.1) is 0 Å². The van der Waals surface area contributed by atoms with Crippen LogP contribution >= 0.6 is 23.2 Å². The summed E-state index contributed by atoms with van der Waals surface area (Å²) >= 11 is 12.2. The van der Waals surface area contributed by atoms with Crippen molar-refractivity contribution in [2.24, 2.45) is 0 Å². The summed E-state index contributed by atoms with van der Waals surface area (Å²) in [6.45, 7) is 11.0. The van der Waals surface area contributed by atoms with Crippen molar-refractivity contribution >= 4 is 35.0 Å². The van der Waals surface area contributed by atoms with Crippen LogP contribution in [0.15, 0.2) is 42.5 Å². The van der Waals surface area contributed by atoms with Gasteiger partial charge in [-0.1, -0.05) is 82.4 Å². The SMILES string of the molecule is CCCCNC(=O)[C@@H](CC)N(Cc1ccc(Cl)c(Cl)c1)C(=O)COc1ccc(C(C)(C)C)cc1. The van der Waals surface area contributed by atoms with Gasteiger partial charge in [-0.2, -0.15) is 0 Å². The van der Waals surface area contributed by atoms with Gasteiger partial charge in [0.15, 0.2) is 6.61 Å². The molecule has 0 heterocycles. The lowest BCUT2D eigenvalue weighted by Crippen LogP contribution is -2.50. The average Bonchev–Trinajstić information content (AvgIpc) is 2.79. The Kier molecular flexibility index (Phi) is 10.7. The second-order valence-corrected chi connectivity index (χ2v) is 10.2. The Labute approximate surface area is 213 Å². The summed E-state index contributed by atoms with van der Waals surface area (Å²) in [5.74, 6) is 0.165. The number of hydrogen-bond acceptors (Lipinski definition) is 3. The van der Waals surface area contributed by atoms with E-state index >= 15 is 0 Å². The molecule has 2 aromatic carbocycles. The van der Waals surface area contributed by atoms with E-state index in [4.69, 9.17) is 27.9 Å². The molecule has 0 radical (unpaired) electrons. The fourth-order valence-electron chi connectivity index (χ4n) is 3.54. The number of amides is 2.